The number of rotatable bonds is 0. The van der Waals surface area contributed by atoms with Gasteiger partial charge in [0, 0.05) is 0 Å². The van der Waals surface area contributed by atoms with Gasteiger partial charge in [-0.2, -0.15) is 0 Å². The first kappa shape index (κ1) is 15.3. The third-order valence-corrected chi connectivity index (χ3v) is 1.42. The number of aromatic amines is 4. The minimum atomic E-state index is -0.650. The quantitative estimate of drug-likeness (QED) is 0.349. The fourth-order valence-corrected chi connectivity index (χ4v) is 0.958. The summed E-state index contributed by atoms with van der Waals surface area (Å²) >= 11 is 0. The molecule has 0 saturated heterocycles. The second-order valence-electron chi connectivity index (χ2n) is 2.24. The fourth-order valence-electron chi connectivity index (χ4n) is 0.958. The van der Waals surface area contributed by atoms with E-state index in [1.54, 1.807) is 0 Å². The van der Waals surface area contributed by atoms with E-state index in [0.29, 0.717) is 0 Å². The van der Waals surface area contributed by atoms with Gasteiger partial charge >= 0.3 is 11.4 Å². The summed E-state index contributed by atoms with van der Waals surface area (Å²) in [5.74, 6) is 0. The van der Waals surface area contributed by atoms with E-state index in [2.05, 4.69) is 15.0 Å². The minimum Gasteiger partial charge on any atom is -0.412 e. The molecule has 10 nitrogen and oxygen atoms in total. The van der Waals surface area contributed by atoms with Crippen molar-refractivity contribution in [3.05, 3.63) is 31.3 Å². The molecule has 0 atom stereocenters. The van der Waals surface area contributed by atoms with E-state index in [9.17, 15) is 14.4 Å². The monoisotopic (exact) mass is 222 g/mol. The molecule has 0 fully saturated rings. The van der Waals surface area contributed by atoms with Crippen LogP contribution >= 0.6 is 0 Å². The Labute approximate surface area is 79.9 Å². The van der Waals surface area contributed by atoms with Crippen molar-refractivity contribution in [2.75, 3.05) is 0 Å². The Kier molecular flexibility index (Phi) is 5.00. The highest BCUT2D eigenvalue weighted by molar-refractivity contribution is 5.67. The van der Waals surface area contributed by atoms with Crippen molar-refractivity contribution in [3.8, 4) is 0 Å². The third kappa shape index (κ3) is 2.40. The number of fused-ring (bicyclic) bond motifs is 1. The smallest absolute Gasteiger partial charge is 0.327 e. The molecule has 0 aromatic carbocycles. The van der Waals surface area contributed by atoms with Crippen LogP contribution in [0.5, 0.6) is 0 Å². The predicted octanol–water partition coefficient (Wildman–Crippen LogP) is -4.24. The third-order valence-electron chi connectivity index (χ3n) is 1.42. The lowest BCUT2D eigenvalue weighted by Gasteiger charge is -1.83. The lowest BCUT2D eigenvalue weighted by molar-refractivity contribution is 0.823. The van der Waals surface area contributed by atoms with Crippen molar-refractivity contribution in [1.29, 1.82) is 0 Å². The molecule has 0 aliphatic rings. The van der Waals surface area contributed by atoms with Crippen molar-refractivity contribution < 1.29 is 16.4 Å². The zero-order valence-corrected chi connectivity index (χ0v) is 7.22. The van der Waals surface area contributed by atoms with Crippen LogP contribution in [-0.2, 0) is 0 Å². The highest BCUT2D eigenvalue weighted by atomic mass is 16.2. The zero-order chi connectivity index (χ0) is 8.72. The maximum Gasteiger partial charge on any atom is 0.327 e. The molecule has 0 aliphatic heterocycles. The molecule has 2 aromatic heterocycles. The molecule has 15 heavy (non-hydrogen) atoms. The van der Waals surface area contributed by atoms with Gasteiger partial charge in [-0.1, -0.05) is 0 Å². The molecule has 2 heterocycles. The molecule has 2 rings (SSSR count). The average Bonchev–Trinajstić information content (AvgIpc) is 2.29. The van der Waals surface area contributed by atoms with E-state index < -0.39 is 16.9 Å². The number of hydrogen-bond acceptors (Lipinski definition) is 3. The maximum absolute atomic E-state index is 10.9. The number of imidazole rings is 1. The molecule has 2 aromatic rings. The Bertz CT molecular complexity index is 588. The van der Waals surface area contributed by atoms with Crippen LogP contribution in [0.25, 0.3) is 11.2 Å². The standard InChI is InChI=1S/C5H4N4O3.3H2O/c10-3-1-2(7-4(11)6-1)8-5(12)9-3;;;/h(H4,6,7,8,9,10,11,12);3*1H2. The van der Waals surface area contributed by atoms with Gasteiger partial charge in [0.1, 0.15) is 11.2 Å². The molecule has 0 amide bonds. The number of nitrogens with one attached hydrogen (secondary N) is 4. The van der Waals surface area contributed by atoms with E-state index in [4.69, 9.17) is 0 Å². The van der Waals surface area contributed by atoms with Crippen molar-refractivity contribution in [1.82, 2.24) is 19.9 Å². The topological polar surface area (TPSA) is 209 Å². The molecular formula is C5H10N4O6. The normalized spacial score (nSPS) is 8.53. The molecule has 10 heteroatoms. The van der Waals surface area contributed by atoms with E-state index in [0.717, 1.165) is 0 Å². The van der Waals surface area contributed by atoms with E-state index in [-0.39, 0.29) is 27.6 Å². The second kappa shape index (κ2) is 4.90. The Morgan fingerprint density at radius 2 is 1.13 bits per heavy atom. The molecule has 86 valence electrons. The Balaban J connectivity index is 0. The van der Waals surface area contributed by atoms with Crippen LogP contribution in [0.3, 0.4) is 0 Å². The predicted molar refractivity (Wildman–Crippen MR) is 51.0 cm³/mol. The lowest BCUT2D eigenvalue weighted by atomic mass is 10.5. The van der Waals surface area contributed by atoms with Crippen molar-refractivity contribution >= 4 is 11.2 Å². The van der Waals surface area contributed by atoms with Crippen LogP contribution in [0.2, 0.25) is 0 Å². The first-order chi connectivity index (χ1) is 5.66. The largest absolute Gasteiger partial charge is 0.412 e. The lowest BCUT2D eigenvalue weighted by Crippen LogP contribution is -2.21. The Morgan fingerprint density at radius 3 is 1.67 bits per heavy atom. The van der Waals surface area contributed by atoms with Crippen molar-refractivity contribution in [2.45, 2.75) is 0 Å². The maximum atomic E-state index is 10.9. The molecule has 0 aliphatic carbocycles. The van der Waals surface area contributed by atoms with Gasteiger partial charge in [0.2, 0.25) is 0 Å². The average molecular weight is 222 g/mol. The first-order valence-corrected chi connectivity index (χ1v) is 3.11. The number of H-pyrrole nitrogens is 4. The fraction of sp³-hybridized carbons (Fsp3) is 0. The van der Waals surface area contributed by atoms with Gasteiger partial charge in [-0.3, -0.25) is 24.7 Å². The molecular weight excluding hydrogens is 212 g/mol. The van der Waals surface area contributed by atoms with Crippen LogP contribution in [0.4, 0.5) is 0 Å². The molecule has 10 N–H and O–H groups in total. The van der Waals surface area contributed by atoms with Gasteiger partial charge < -0.3 is 16.4 Å². The number of aromatic nitrogens is 4. The molecule has 0 radical (unpaired) electrons. The molecule has 0 spiro atoms. The number of hydrogen-bond donors (Lipinski definition) is 4. The molecule has 0 saturated carbocycles. The molecule has 0 unspecified atom stereocenters. The van der Waals surface area contributed by atoms with E-state index in [1.807, 2.05) is 4.98 Å². The van der Waals surface area contributed by atoms with Gasteiger partial charge in [0.15, 0.2) is 0 Å². The van der Waals surface area contributed by atoms with Crippen molar-refractivity contribution in [2.24, 2.45) is 0 Å². The second-order valence-corrected chi connectivity index (χ2v) is 2.24. The van der Waals surface area contributed by atoms with Crippen LogP contribution in [0.1, 0.15) is 0 Å². The summed E-state index contributed by atoms with van der Waals surface area (Å²) < 4.78 is 0. The summed E-state index contributed by atoms with van der Waals surface area (Å²) in [6, 6.07) is 0. The van der Waals surface area contributed by atoms with Crippen LogP contribution in [0.15, 0.2) is 14.4 Å². The van der Waals surface area contributed by atoms with E-state index in [1.165, 1.54) is 0 Å². The highest BCUT2D eigenvalue weighted by Crippen LogP contribution is 1.88. The zero-order valence-electron chi connectivity index (χ0n) is 7.22. The molecule has 0 bridgehead atoms. The van der Waals surface area contributed by atoms with Gasteiger partial charge in [-0.15, -0.1) is 0 Å². The summed E-state index contributed by atoms with van der Waals surface area (Å²) in [4.78, 5) is 41.0. The van der Waals surface area contributed by atoms with Crippen LogP contribution in [0, 0.1) is 0 Å². The summed E-state index contributed by atoms with van der Waals surface area (Å²) in [6.45, 7) is 0. The van der Waals surface area contributed by atoms with Gasteiger partial charge in [-0.25, -0.2) is 9.59 Å². The van der Waals surface area contributed by atoms with Gasteiger partial charge in [0.05, 0.1) is 0 Å². The highest BCUT2D eigenvalue weighted by Gasteiger charge is 2.02. The van der Waals surface area contributed by atoms with Crippen LogP contribution in [-0.4, -0.2) is 36.4 Å². The summed E-state index contributed by atoms with van der Waals surface area (Å²) in [5.41, 5.74) is -1.65. The van der Waals surface area contributed by atoms with Crippen molar-refractivity contribution in [3.63, 3.8) is 0 Å². The SMILES string of the molecule is O.O.O.O=c1[nH]c(=O)c2[nH]c(=O)[nH]c2[nH]1. The summed E-state index contributed by atoms with van der Waals surface area (Å²) in [6.07, 6.45) is 0. The summed E-state index contributed by atoms with van der Waals surface area (Å²) in [5, 5.41) is 0. The van der Waals surface area contributed by atoms with Gasteiger partial charge in [-0.05, 0) is 0 Å². The summed E-state index contributed by atoms with van der Waals surface area (Å²) in [7, 11) is 0. The Hall–Kier alpha value is -2.17. The van der Waals surface area contributed by atoms with Gasteiger partial charge in [0.25, 0.3) is 5.56 Å². The first-order valence-electron chi connectivity index (χ1n) is 3.11. The van der Waals surface area contributed by atoms with Crippen LogP contribution < -0.4 is 16.9 Å². The van der Waals surface area contributed by atoms with E-state index >= 15 is 0 Å². The Morgan fingerprint density at radius 1 is 0.667 bits per heavy atom. The minimum absolute atomic E-state index is 0.